The first-order chi connectivity index (χ1) is 9.59. The summed E-state index contributed by atoms with van der Waals surface area (Å²) < 4.78 is 75.5. The topological polar surface area (TPSA) is 26.0 Å². The summed E-state index contributed by atoms with van der Waals surface area (Å²) in [5.74, 6) is -3.50. The van der Waals surface area contributed by atoms with Crippen LogP contribution in [-0.2, 0) is 19.3 Å². The third kappa shape index (κ3) is 3.70. The molecule has 1 atom stereocenters. The largest absolute Gasteiger partial charge is 0.402 e. The van der Waals surface area contributed by atoms with Crippen molar-refractivity contribution in [2.24, 2.45) is 11.7 Å². The van der Waals surface area contributed by atoms with Gasteiger partial charge in [0.05, 0.1) is 0 Å². The molecule has 0 amide bonds. The predicted octanol–water partition coefficient (Wildman–Crippen LogP) is 3.79. The van der Waals surface area contributed by atoms with Gasteiger partial charge in [-0.2, -0.15) is 26.3 Å². The fraction of sp³-hybridized carbons (Fsp3) is 0.571. The van der Waals surface area contributed by atoms with Crippen LogP contribution in [0.1, 0.15) is 23.1 Å². The molecular weight excluding hydrogens is 296 g/mol. The summed E-state index contributed by atoms with van der Waals surface area (Å²) in [5.41, 5.74) is 7.75. The van der Waals surface area contributed by atoms with Crippen LogP contribution >= 0.6 is 0 Å². The van der Waals surface area contributed by atoms with Gasteiger partial charge >= 0.3 is 12.4 Å². The van der Waals surface area contributed by atoms with E-state index in [-0.39, 0.29) is 0 Å². The van der Waals surface area contributed by atoms with Crippen molar-refractivity contribution in [1.29, 1.82) is 0 Å². The molecule has 0 spiro atoms. The van der Waals surface area contributed by atoms with E-state index in [1.54, 1.807) is 18.2 Å². The van der Waals surface area contributed by atoms with Crippen LogP contribution in [0, 0.1) is 5.92 Å². The first-order valence-corrected chi connectivity index (χ1v) is 6.58. The van der Waals surface area contributed by atoms with E-state index < -0.39 is 30.7 Å². The number of benzene rings is 1. The Morgan fingerprint density at radius 1 is 0.952 bits per heavy atom. The van der Waals surface area contributed by atoms with Gasteiger partial charge in [-0.25, -0.2) is 0 Å². The molecule has 21 heavy (non-hydrogen) atoms. The number of fused-ring (bicyclic) bond motifs is 1. The molecule has 1 aliphatic rings. The van der Waals surface area contributed by atoms with Crippen LogP contribution in [0.4, 0.5) is 26.3 Å². The minimum atomic E-state index is -5.39. The molecule has 0 saturated carbocycles. The van der Waals surface area contributed by atoms with Crippen molar-refractivity contribution in [3.8, 4) is 0 Å². The molecule has 0 fully saturated rings. The monoisotopic (exact) mass is 311 g/mol. The SMILES string of the molecule is NC(Cc1ccc2c(c1)CCC2)C(C(F)(F)F)C(F)(F)F. The molecule has 2 rings (SSSR count). The van der Waals surface area contributed by atoms with E-state index >= 15 is 0 Å². The highest BCUT2D eigenvalue weighted by Gasteiger charge is 2.59. The summed E-state index contributed by atoms with van der Waals surface area (Å²) in [4.78, 5) is 0. The summed E-state index contributed by atoms with van der Waals surface area (Å²) >= 11 is 0. The van der Waals surface area contributed by atoms with Gasteiger partial charge in [-0.15, -0.1) is 0 Å². The Hall–Kier alpha value is -1.24. The lowest BCUT2D eigenvalue weighted by Gasteiger charge is -2.28. The number of aryl methyl sites for hydroxylation is 2. The third-order valence-electron chi connectivity index (χ3n) is 3.77. The van der Waals surface area contributed by atoms with E-state index in [9.17, 15) is 26.3 Å². The molecule has 1 nitrogen and oxygen atoms in total. The van der Waals surface area contributed by atoms with Gasteiger partial charge < -0.3 is 5.73 Å². The van der Waals surface area contributed by atoms with Gasteiger partial charge in [0.25, 0.3) is 0 Å². The van der Waals surface area contributed by atoms with Gasteiger partial charge in [0.15, 0.2) is 5.92 Å². The van der Waals surface area contributed by atoms with E-state index in [1.165, 1.54) is 0 Å². The molecule has 0 radical (unpaired) electrons. The standard InChI is InChI=1S/C14H15F6N/c15-13(16,17)12(14(18,19)20)11(21)7-8-4-5-9-2-1-3-10(9)6-8/h4-6,11-12H,1-3,7,21H2. The Morgan fingerprint density at radius 3 is 2.10 bits per heavy atom. The van der Waals surface area contributed by atoms with E-state index in [2.05, 4.69) is 0 Å². The van der Waals surface area contributed by atoms with Gasteiger partial charge in [-0.05, 0) is 42.4 Å². The second-order valence-corrected chi connectivity index (χ2v) is 5.39. The molecule has 1 unspecified atom stereocenters. The molecule has 7 heteroatoms. The third-order valence-corrected chi connectivity index (χ3v) is 3.77. The summed E-state index contributed by atoms with van der Waals surface area (Å²) in [6.45, 7) is 0. The van der Waals surface area contributed by atoms with Crippen LogP contribution in [0.25, 0.3) is 0 Å². The van der Waals surface area contributed by atoms with Crippen molar-refractivity contribution in [2.45, 2.75) is 44.1 Å². The normalized spacial score (nSPS) is 17.1. The zero-order valence-electron chi connectivity index (χ0n) is 11.1. The van der Waals surface area contributed by atoms with Crippen LogP contribution < -0.4 is 5.73 Å². The molecule has 1 aromatic carbocycles. The quantitative estimate of drug-likeness (QED) is 0.845. The summed E-state index contributed by atoms with van der Waals surface area (Å²) in [6.07, 6.45) is -8.58. The van der Waals surface area contributed by atoms with Crippen LogP contribution in [0.3, 0.4) is 0 Å². The van der Waals surface area contributed by atoms with Crippen LogP contribution in [0.5, 0.6) is 0 Å². The second-order valence-electron chi connectivity index (χ2n) is 5.39. The maximum absolute atomic E-state index is 12.6. The van der Waals surface area contributed by atoms with Crippen LogP contribution in [0.15, 0.2) is 18.2 Å². The molecule has 0 heterocycles. The summed E-state index contributed by atoms with van der Waals surface area (Å²) in [5, 5.41) is 0. The Bertz CT molecular complexity index is 491. The first kappa shape index (κ1) is 16.1. The molecule has 1 aromatic rings. The van der Waals surface area contributed by atoms with Crippen molar-refractivity contribution in [3.63, 3.8) is 0 Å². The first-order valence-electron chi connectivity index (χ1n) is 6.58. The Kier molecular flexibility index (Phi) is 4.24. The molecule has 1 aliphatic carbocycles. The van der Waals surface area contributed by atoms with Crippen molar-refractivity contribution in [1.82, 2.24) is 0 Å². The van der Waals surface area contributed by atoms with Crippen LogP contribution in [-0.4, -0.2) is 18.4 Å². The summed E-state index contributed by atoms with van der Waals surface area (Å²) in [7, 11) is 0. The molecule has 118 valence electrons. The second kappa shape index (κ2) is 5.51. The number of halogens is 6. The fourth-order valence-corrected chi connectivity index (χ4v) is 2.81. The van der Waals surface area contributed by atoms with Crippen molar-refractivity contribution in [2.75, 3.05) is 0 Å². The van der Waals surface area contributed by atoms with Gasteiger partial charge in [-0.1, -0.05) is 18.2 Å². The molecule has 0 aliphatic heterocycles. The average Bonchev–Trinajstić information content (AvgIpc) is 2.71. The highest BCUT2D eigenvalue weighted by molar-refractivity contribution is 5.35. The molecule has 0 aromatic heterocycles. The van der Waals surface area contributed by atoms with E-state index in [1.807, 2.05) is 0 Å². The number of hydrogen-bond donors (Lipinski definition) is 1. The highest BCUT2D eigenvalue weighted by Crippen LogP contribution is 2.41. The highest BCUT2D eigenvalue weighted by atomic mass is 19.4. The van der Waals surface area contributed by atoms with Gasteiger partial charge in [0.1, 0.15) is 0 Å². The molecule has 2 N–H and O–H groups in total. The van der Waals surface area contributed by atoms with E-state index in [4.69, 9.17) is 5.73 Å². The van der Waals surface area contributed by atoms with Gasteiger partial charge in [0, 0.05) is 6.04 Å². The lowest BCUT2D eigenvalue weighted by molar-refractivity contribution is -0.289. The summed E-state index contributed by atoms with van der Waals surface area (Å²) in [6, 6.07) is 2.96. The lowest BCUT2D eigenvalue weighted by atomic mass is 9.92. The number of rotatable bonds is 3. The van der Waals surface area contributed by atoms with Crippen molar-refractivity contribution < 1.29 is 26.3 Å². The maximum Gasteiger partial charge on any atom is 0.402 e. The average molecular weight is 311 g/mol. The minimum absolute atomic E-state index is 0.418. The van der Waals surface area contributed by atoms with Crippen LogP contribution in [0.2, 0.25) is 0 Å². The zero-order chi connectivity index (χ0) is 15.8. The van der Waals surface area contributed by atoms with Gasteiger partial charge in [0.2, 0.25) is 0 Å². The van der Waals surface area contributed by atoms with Crippen molar-refractivity contribution >= 4 is 0 Å². The molecule has 0 saturated heterocycles. The fourth-order valence-electron chi connectivity index (χ4n) is 2.81. The van der Waals surface area contributed by atoms with Crippen molar-refractivity contribution in [3.05, 3.63) is 34.9 Å². The van der Waals surface area contributed by atoms with E-state index in [0.717, 1.165) is 30.4 Å². The minimum Gasteiger partial charge on any atom is -0.327 e. The number of hydrogen-bond acceptors (Lipinski definition) is 1. The Balaban J connectivity index is 2.17. The molecule has 0 bridgehead atoms. The number of nitrogens with two attached hydrogens (primary N) is 1. The van der Waals surface area contributed by atoms with E-state index in [0.29, 0.717) is 5.56 Å². The van der Waals surface area contributed by atoms with Gasteiger partial charge in [-0.3, -0.25) is 0 Å². The number of alkyl halides is 6. The maximum atomic E-state index is 12.6. The Labute approximate surface area is 118 Å². The zero-order valence-corrected chi connectivity index (χ0v) is 11.1. The molecular formula is C14H15F6N. The lowest BCUT2D eigenvalue weighted by Crippen LogP contribution is -2.49. The Morgan fingerprint density at radius 2 is 1.52 bits per heavy atom. The smallest absolute Gasteiger partial charge is 0.327 e. The predicted molar refractivity (Wildman–Crippen MR) is 65.7 cm³/mol.